The Kier molecular flexibility index (Phi) is 4.38. The number of carbonyl (C=O) groups excluding carboxylic acids is 2. The van der Waals surface area contributed by atoms with E-state index in [1.54, 1.807) is 5.43 Å². The van der Waals surface area contributed by atoms with Gasteiger partial charge in [-0.2, -0.15) is 18.5 Å². The number of amides is 2. The quantitative estimate of drug-likeness (QED) is 0.0717. The fourth-order valence-electron chi connectivity index (χ4n) is 2.79. The van der Waals surface area contributed by atoms with Crippen LogP contribution < -0.4 is 22.1 Å². The van der Waals surface area contributed by atoms with Crippen molar-refractivity contribution in [3.63, 3.8) is 0 Å². The summed E-state index contributed by atoms with van der Waals surface area (Å²) in [6.45, 7) is 0. The van der Waals surface area contributed by atoms with Crippen molar-refractivity contribution in [3.8, 4) is 0 Å². The summed E-state index contributed by atoms with van der Waals surface area (Å²) in [5.41, 5.74) is 5.61. The van der Waals surface area contributed by atoms with Gasteiger partial charge in [-0.1, -0.05) is 0 Å². The normalized spacial score (nSPS) is 15.1. The summed E-state index contributed by atoms with van der Waals surface area (Å²) in [4.78, 5) is 23.3. The number of nitrogen functional groups attached to an aromatic ring is 1. The highest BCUT2D eigenvalue weighted by Crippen LogP contribution is 2.38. The van der Waals surface area contributed by atoms with E-state index in [4.69, 9.17) is 11.6 Å². The molecule has 154 valence electrons. The smallest absolute Gasteiger partial charge is 0.296 e. The number of benzene rings is 2. The second-order valence-electron chi connectivity index (χ2n) is 5.65. The molecule has 1 aliphatic rings. The summed E-state index contributed by atoms with van der Waals surface area (Å²) < 4.78 is 67.0. The molecule has 0 saturated carbocycles. The lowest BCUT2D eigenvalue weighted by molar-refractivity contribution is -0.225. The van der Waals surface area contributed by atoms with Crippen LogP contribution in [0.4, 0.5) is 5.69 Å². The Bertz CT molecular complexity index is 1330. The lowest BCUT2D eigenvalue weighted by Crippen LogP contribution is -2.55. The topological polar surface area (TPSA) is 248 Å². The first kappa shape index (κ1) is 20.3. The molecule has 0 spiro atoms. The van der Waals surface area contributed by atoms with Gasteiger partial charge in [0.15, 0.2) is 0 Å². The van der Waals surface area contributed by atoms with E-state index in [0.29, 0.717) is 18.2 Å². The number of carbonyl (C=O) groups is 2. The van der Waals surface area contributed by atoms with Gasteiger partial charge in [-0.25, -0.2) is 8.42 Å². The molecule has 0 unspecified atom stereocenters. The van der Waals surface area contributed by atoms with Gasteiger partial charge in [0.1, 0.15) is 15.0 Å². The summed E-state index contributed by atoms with van der Waals surface area (Å²) >= 11 is 0. The Labute approximate surface area is 161 Å². The number of hydrogen-bond acceptors (Lipinski definition) is 11. The van der Waals surface area contributed by atoms with Crippen LogP contribution in [-0.4, -0.2) is 48.8 Å². The monoisotopic (exact) mass is 443 g/mol. The molecule has 1 heterocycles. The van der Waals surface area contributed by atoms with Crippen LogP contribution in [0.2, 0.25) is 0 Å². The molecule has 2 aromatic rings. The van der Waals surface area contributed by atoms with E-state index in [1.807, 2.05) is 0 Å². The van der Waals surface area contributed by atoms with Crippen LogP contribution in [0.15, 0.2) is 33.1 Å². The van der Waals surface area contributed by atoms with Crippen LogP contribution in [-0.2, 0) is 20.2 Å². The highest BCUT2D eigenvalue weighted by atomic mass is 32.2. The lowest BCUT2D eigenvalue weighted by Gasteiger charge is -2.30. The number of amidine groups is 1. The fraction of sp³-hybridized carbons (Fsp3) is 0. The van der Waals surface area contributed by atoms with Gasteiger partial charge in [0.05, 0.1) is 27.7 Å². The first-order valence-corrected chi connectivity index (χ1v) is 10.1. The van der Waals surface area contributed by atoms with Crippen molar-refractivity contribution in [3.05, 3.63) is 29.3 Å². The number of imide groups is 1. The molecule has 0 aromatic heterocycles. The maximum Gasteiger partial charge on any atom is 0.296 e. The third-order valence-electron chi connectivity index (χ3n) is 3.97. The number of hydrazine groups is 1. The number of rotatable bonds is 3. The predicted molar refractivity (Wildman–Crippen MR) is 91.4 cm³/mol. The maximum atomic E-state index is 12.6. The minimum absolute atomic E-state index is 0.0843. The predicted octanol–water partition coefficient (Wildman–Crippen LogP) is -2.74. The van der Waals surface area contributed by atoms with Crippen LogP contribution in [0.25, 0.3) is 10.8 Å². The van der Waals surface area contributed by atoms with Crippen molar-refractivity contribution >= 4 is 54.5 Å². The second kappa shape index (κ2) is 6.27. The molecule has 2 amide bonds. The second-order valence-corrected chi connectivity index (χ2v) is 8.42. The van der Waals surface area contributed by atoms with Gasteiger partial charge in [-0.3, -0.25) is 19.6 Å². The van der Waals surface area contributed by atoms with Gasteiger partial charge in [0.25, 0.3) is 21.9 Å². The highest BCUT2D eigenvalue weighted by molar-refractivity contribution is 7.86. The molecule has 0 aliphatic carbocycles. The molecule has 0 fully saturated rings. The molecule has 29 heavy (non-hydrogen) atoms. The zero-order valence-electron chi connectivity index (χ0n) is 13.8. The molecule has 16 heteroatoms. The van der Waals surface area contributed by atoms with Crippen molar-refractivity contribution in [2.75, 3.05) is 5.73 Å². The number of hydrogen-bond donors (Lipinski definition) is 4. The van der Waals surface area contributed by atoms with E-state index in [2.05, 4.69) is 5.10 Å². The van der Waals surface area contributed by atoms with Gasteiger partial charge in [-0.05, 0) is 18.2 Å². The fourth-order valence-corrected chi connectivity index (χ4v) is 3.97. The van der Waals surface area contributed by atoms with Crippen LogP contribution in [0, 0.1) is 0 Å². The van der Waals surface area contributed by atoms with Gasteiger partial charge in [-0.15, -0.1) is 0 Å². The molecule has 2 aromatic carbocycles. The molecule has 0 atom stereocenters. The molecule has 14 nitrogen and oxygen atoms in total. The number of nitrogens with two attached hydrogens (primary N) is 2. The molecule has 0 bridgehead atoms. The van der Waals surface area contributed by atoms with Crippen LogP contribution >= 0.6 is 0 Å². The van der Waals surface area contributed by atoms with Crippen molar-refractivity contribution in [1.29, 1.82) is 0 Å². The van der Waals surface area contributed by atoms with E-state index in [9.17, 15) is 40.6 Å². The molecule has 1 aliphatic heterocycles. The van der Waals surface area contributed by atoms with Crippen molar-refractivity contribution in [1.82, 2.24) is 10.4 Å². The number of hydrazone groups is 1. The maximum absolute atomic E-state index is 12.6. The molecule has 0 radical (unpaired) electrons. The summed E-state index contributed by atoms with van der Waals surface area (Å²) in [5.74, 6) is 2.22. The first-order valence-electron chi connectivity index (χ1n) is 7.21. The Morgan fingerprint density at radius 2 is 1.66 bits per heavy atom. The zero-order chi connectivity index (χ0) is 21.9. The summed E-state index contributed by atoms with van der Waals surface area (Å²) in [7, 11) is -10.2. The van der Waals surface area contributed by atoms with Gasteiger partial charge in [0, 0.05) is 10.8 Å². The largest absolute Gasteiger partial charge is 0.844 e. The number of nitrogens with one attached hydrogen (secondary N) is 1. The third-order valence-corrected chi connectivity index (χ3v) is 5.68. The molecule has 3 rings (SSSR count). The zero-order valence-corrected chi connectivity index (χ0v) is 15.4. The van der Waals surface area contributed by atoms with Crippen molar-refractivity contribution < 1.29 is 40.6 Å². The van der Waals surface area contributed by atoms with Crippen LogP contribution in [0.5, 0.6) is 0 Å². The van der Waals surface area contributed by atoms with E-state index in [-0.39, 0.29) is 10.4 Å². The van der Waals surface area contributed by atoms with Crippen LogP contribution in [0.1, 0.15) is 20.7 Å². The standard InChI is InChI=1S/C13H11N5O9S2/c14-10-5-1-4(28(22,23)24)2-6-9(5)7(3-8(10)29(25,26)27)12(20)18(11(6)19)17-13(21)16-15/h1-3H,14-15H2,(H2,16,17,21)(H,22,23,24)(H,25,26,27)/p-2. The average Bonchev–Trinajstić information content (AvgIpc) is 2.61. The Balaban J connectivity index is 2.51. The van der Waals surface area contributed by atoms with E-state index < -0.39 is 70.1 Å². The minimum Gasteiger partial charge on any atom is -0.844 e. The lowest BCUT2D eigenvalue weighted by atomic mass is 9.93. The molecule has 6 N–H and O–H groups in total. The number of anilines is 1. The van der Waals surface area contributed by atoms with Gasteiger partial charge >= 0.3 is 0 Å². The summed E-state index contributed by atoms with van der Waals surface area (Å²) in [6, 6.07) is 0.590. The first-order chi connectivity index (χ1) is 13.3. The van der Waals surface area contributed by atoms with E-state index >= 15 is 0 Å². The SMILES string of the molecule is NN=C([O-])NN1C(=O)c2cc(S(=O)(=O)[O-])cc3c(N)c(S(=O)(=O)O)cc(c23)C1=O. The Hall–Kier alpha value is -3.47. The van der Waals surface area contributed by atoms with Gasteiger partial charge < -0.3 is 21.2 Å². The summed E-state index contributed by atoms with van der Waals surface area (Å²) in [6.07, 6.45) is 0. The van der Waals surface area contributed by atoms with Crippen LogP contribution in [0.3, 0.4) is 0 Å². The van der Waals surface area contributed by atoms with E-state index in [0.717, 1.165) is 0 Å². The van der Waals surface area contributed by atoms with Gasteiger partial charge in [0.2, 0.25) is 0 Å². The van der Waals surface area contributed by atoms with Crippen molar-refractivity contribution in [2.45, 2.75) is 9.79 Å². The minimum atomic E-state index is -5.16. The summed E-state index contributed by atoms with van der Waals surface area (Å²) in [5, 5.41) is 13.4. The van der Waals surface area contributed by atoms with E-state index in [1.165, 1.54) is 0 Å². The highest BCUT2D eigenvalue weighted by Gasteiger charge is 2.36. The molecule has 0 saturated heterocycles. The molecular weight excluding hydrogens is 434 g/mol. The Morgan fingerprint density at radius 3 is 2.14 bits per heavy atom. The third kappa shape index (κ3) is 3.18. The molecular formula is C13H9N5O9S2-2. The number of nitrogens with zero attached hydrogens (tertiary/aromatic N) is 2. The van der Waals surface area contributed by atoms with Crippen molar-refractivity contribution in [2.24, 2.45) is 10.9 Å². The Morgan fingerprint density at radius 1 is 1.10 bits per heavy atom. The average molecular weight is 443 g/mol.